The quantitative estimate of drug-likeness (QED) is 0.642. The van der Waals surface area contributed by atoms with E-state index in [4.69, 9.17) is 29.0 Å². The summed E-state index contributed by atoms with van der Waals surface area (Å²) in [5, 5.41) is 1.34. The monoisotopic (exact) mass is 344 g/mol. The molecule has 2 aromatic rings. The topological polar surface area (TPSA) is 38.0 Å². The van der Waals surface area contributed by atoms with Gasteiger partial charge in [-0.25, -0.2) is 5.43 Å². The zero-order valence-electron chi connectivity index (χ0n) is 9.33. The maximum atomic E-state index is 6.19. The van der Waals surface area contributed by atoms with E-state index in [1.54, 1.807) is 0 Å². The lowest BCUT2D eigenvalue weighted by molar-refractivity contribution is 0.635. The molecule has 0 spiro atoms. The molecule has 0 bridgehead atoms. The average Bonchev–Trinajstić information content (AvgIpc) is 2.34. The molecule has 18 heavy (non-hydrogen) atoms. The Balaban J connectivity index is 2.49. The van der Waals surface area contributed by atoms with Crippen molar-refractivity contribution in [1.29, 1.82) is 0 Å². The molecule has 0 aliphatic heterocycles. The molecule has 0 aliphatic carbocycles. The maximum Gasteiger partial charge on any atom is 0.0735 e. The molecule has 3 N–H and O–H groups in total. The van der Waals surface area contributed by atoms with Crippen molar-refractivity contribution in [3.8, 4) is 0 Å². The van der Waals surface area contributed by atoms with E-state index in [-0.39, 0.29) is 6.04 Å². The van der Waals surface area contributed by atoms with Crippen LogP contribution in [0, 0.1) is 0 Å². The highest BCUT2D eigenvalue weighted by Gasteiger charge is 2.17. The van der Waals surface area contributed by atoms with Gasteiger partial charge in [0.25, 0.3) is 0 Å². The van der Waals surface area contributed by atoms with Gasteiger partial charge in [-0.1, -0.05) is 63.4 Å². The van der Waals surface area contributed by atoms with Gasteiger partial charge in [-0.05, 0) is 29.3 Å². The number of halogens is 3. The molecular formula is C13H11BrCl2N2. The standard InChI is InChI=1S/C13H11BrCl2N2/c14-11-7-8(15)5-6-9(11)13(18-17)10-3-1-2-4-12(10)16/h1-7,13,18H,17H2. The summed E-state index contributed by atoms with van der Waals surface area (Å²) in [6.07, 6.45) is 0. The van der Waals surface area contributed by atoms with Crippen molar-refractivity contribution in [2.24, 2.45) is 5.84 Å². The largest absolute Gasteiger partial charge is 0.271 e. The van der Waals surface area contributed by atoms with Gasteiger partial charge in [0, 0.05) is 14.5 Å². The number of hydrogen-bond donors (Lipinski definition) is 2. The van der Waals surface area contributed by atoms with E-state index in [1.807, 2.05) is 42.5 Å². The lowest BCUT2D eigenvalue weighted by atomic mass is 9.99. The number of rotatable bonds is 3. The second kappa shape index (κ2) is 6.04. The SMILES string of the molecule is NNC(c1ccccc1Cl)c1ccc(Cl)cc1Br. The molecule has 2 aromatic carbocycles. The van der Waals surface area contributed by atoms with Crippen LogP contribution in [0.4, 0.5) is 0 Å². The van der Waals surface area contributed by atoms with Gasteiger partial charge in [-0.2, -0.15) is 0 Å². The Morgan fingerprint density at radius 1 is 1.06 bits per heavy atom. The van der Waals surface area contributed by atoms with Gasteiger partial charge in [-0.15, -0.1) is 0 Å². The van der Waals surface area contributed by atoms with Crippen molar-refractivity contribution in [2.75, 3.05) is 0 Å². The fourth-order valence-electron chi connectivity index (χ4n) is 1.79. The highest BCUT2D eigenvalue weighted by atomic mass is 79.9. The van der Waals surface area contributed by atoms with Gasteiger partial charge in [0.05, 0.1) is 6.04 Å². The molecule has 0 saturated carbocycles. The van der Waals surface area contributed by atoms with E-state index in [1.165, 1.54) is 0 Å². The van der Waals surface area contributed by atoms with E-state index in [0.29, 0.717) is 10.0 Å². The first-order chi connectivity index (χ1) is 8.63. The molecule has 2 rings (SSSR count). The summed E-state index contributed by atoms with van der Waals surface area (Å²) in [6.45, 7) is 0. The number of hydrazine groups is 1. The van der Waals surface area contributed by atoms with E-state index >= 15 is 0 Å². The third-order valence-corrected chi connectivity index (χ3v) is 3.92. The first-order valence-electron chi connectivity index (χ1n) is 5.29. The van der Waals surface area contributed by atoms with Crippen molar-refractivity contribution in [2.45, 2.75) is 6.04 Å². The van der Waals surface area contributed by atoms with E-state index < -0.39 is 0 Å². The lowest BCUT2D eigenvalue weighted by Gasteiger charge is -2.19. The molecule has 0 saturated heterocycles. The van der Waals surface area contributed by atoms with Gasteiger partial charge in [0.1, 0.15) is 0 Å². The van der Waals surface area contributed by atoms with Crippen LogP contribution in [0.5, 0.6) is 0 Å². The summed E-state index contributed by atoms with van der Waals surface area (Å²) in [6, 6.07) is 13.0. The third-order valence-electron chi connectivity index (χ3n) is 2.66. The van der Waals surface area contributed by atoms with Gasteiger partial charge in [0.15, 0.2) is 0 Å². The Morgan fingerprint density at radius 3 is 2.39 bits per heavy atom. The first kappa shape index (κ1) is 13.8. The molecule has 94 valence electrons. The molecule has 0 fully saturated rings. The van der Waals surface area contributed by atoms with Crippen LogP contribution in [0.3, 0.4) is 0 Å². The summed E-state index contributed by atoms with van der Waals surface area (Å²) in [5.41, 5.74) is 4.68. The fourth-order valence-corrected chi connectivity index (χ4v) is 2.95. The molecular weight excluding hydrogens is 335 g/mol. The minimum absolute atomic E-state index is 0.189. The summed E-state index contributed by atoms with van der Waals surface area (Å²) in [5.74, 6) is 5.65. The number of benzene rings is 2. The van der Waals surface area contributed by atoms with Crippen LogP contribution in [0.2, 0.25) is 10.0 Å². The highest BCUT2D eigenvalue weighted by molar-refractivity contribution is 9.10. The molecule has 0 aliphatic rings. The Morgan fingerprint density at radius 2 is 1.78 bits per heavy atom. The molecule has 0 radical (unpaired) electrons. The number of hydrogen-bond acceptors (Lipinski definition) is 2. The Bertz CT molecular complexity index is 560. The summed E-state index contributed by atoms with van der Waals surface area (Å²) >= 11 is 15.6. The molecule has 0 amide bonds. The minimum atomic E-state index is -0.189. The summed E-state index contributed by atoms with van der Waals surface area (Å²) < 4.78 is 0.887. The normalized spacial score (nSPS) is 12.4. The molecule has 0 aromatic heterocycles. The van der Waals surface area contributed by atoms with E-state index in [0.717, 1.165) is 15.6 Å². The molecule has 0 heterocycles. The second-order valence-electron chi connectivity index (χ2n) is 3.79. The Labute approximate surface area is 124 Å². The van der Waals surface area contributed by atoms with E-state index in [2.05, 4.69) is 21.4 Å². The molecule has 1 unspecified atom stereocenters. The van der Waals surface area contributed by atoms with Crippen LogP contribution >= 0.6 is 39.1 Å². The second-order valence-corrected chi connectivity index (χ2v) is 5.49. The third kappa shape index (κ3) is 2.87. The molecule has 5 heteroatoms. The Hall–Kier alpha value is -0.580. The van der Waals surface area contributed by atoms with Gasteiger partial charge < -0.3 is 0 Å². The maximum absolute atomic E-state index is 6.19. The van der Waals surface area contributed by atoms with Crippen molar-refractivity contribution in [3.05, 3.63) is 68.1 Å². The van der Waals surface area contributed by atoms with Crippen LogP contribution in [0.15, 0.2) is 46.9 Å². The minimum Gasteiger partial charge on any atom is -0.271 e. The summed E-state index contributed by atoms with van der Waals surface area (Å²) in [4.78, 5) is 0. The zero-order valence-corrected chi connectivity index (χ0v) is 12.4. The van der Waals surface area contributed by atoms with Crippen molar-refractivity contribution in [3.63, 3.8) is 0 Å². The zero-order chi connectivity index (χ0) is 13.1. The van der Waals surface area contributed by atoms with Crippen LogP contribution in [-0.4, -0.2) is 0 Å². The van der Waals surface area contributed by atoms with Crippen LogP contribution in [0.25, 0.3) is 0 Å². The predicted molar refractivity (Wildman–Crippen MR) is 79.8 cm³/mol. The Kier molecular flexibility index (Phi) is 4.65. The van der Waals surface area contributed by atoms with Crippen molar-refractivity contribution >= 4 is 39.1 Å². The van der Waals surface area contributed by atoms with Crippen LogP contribution < -0.4 is 11.3 Å². The smallest absolute Gasteiger partial charge is 0.0735 e. The van der Waals surface area contributed by atoms with Gasteiger partial charge in [-0.3, -0.25) is 5.84 Å². The number of nitrogens with two attached hydrogens (primary N) is 1. The first-order valence-corrected chi connectivity index (χ1v) is 6.84. The van der Waals surface area contributed by atoms with Gasteiger partial charge in [0.2, 0.25) is 0 Å². The number of nitrogens with one attached hydrogen (secondary N) is 1. The molecule has 1 atom stereocenters. The van der Waals surface area contributed by atoms with Crippen molar-refractivity contribution in [1.82, 2.24) is 5.43 Å². The highest BCUT2D eigenvalue weighted by Crippen LogP contribution is 2.33. The van der Waals surface area contributed by atoms with E-state index in [9.17, 15) is 0 Å². The van der Waals surface area contributed by atoms with Crippen molar-refractivity contribution < 1.29 is 0 Å². The molecule has 2 nitrogen and oxygen atoms in total. The fraction of sp³-hybridized carbons (Fsp3) is 0.0769. The van der Waals surface area contributed by atoms with Crippen LogP contribution in [-0.2, 0) is 0 Å². The lowest BCUT2D eigenvalue weighted by Crippen LogP contribution is -2.29. The predicted octanol–water partition coefficient (Wildman–Crippen LogP) is 4.31. The average molecular weight is 346 g/mol. The summed E-state index contributed by atoms with van der Waals surface area (Å²) in [7, 11) is 0. The van der Waals surface area contributed by atoms with Gasteiger partial charge >= 0.3 is 0 Å². The van der Waals surface area contributed by atoms with Crippen LogP contribution in [0.1, 0.15) is 17.2 Å².